The number of carboxylic acids is 1. The highest BCUT2D eigenvalue weighted by Crippen LogP contribution is 2.53. The van der Waals surface area contributed by atoms with Crippen LogP contribution in [0.25, 0.3) is 10.1 Å². The fourth-order valence-corrected chi connectivity index (χ4v) is 8.78. The minimum atomic E-state index is -0.741. The Bertz CT molecular complexity index is 1650. The summed E-state index contributed by atoms with van der Waals surface area (Å²) in [6.45, 7) is 2.56. The first-order chi connectivity index (χ1) is 22.2. The number of fused-ring (bicyclic) bond motifs is 1. The number of hydrogen-bond donors (Lipinski definition) is 2. The molecule has 11 heteroatoms. The van der Waals surface area contributed by atoms with Gasteiger partial charge in [0.1, 0.15) is 5.82 Å². The van der Waals surface area contributed by atoms with Crippen LogP contribution in [0.1, 0.15) is 73.7 Å². The SMILES string of the molecule is O=C(Nc1cc(F)c(CC(=O)[C@@H]2CCCN2[C@@H](OC2CCC(C(=O)O)CC2)N2CCC3(CC3)C2)cc1Cl)c1csc2ccccc12. The van der Waals surface area contributed by atoms with Crippen molar-refractivity contribution in [3.05, 3.63) is 63.7 Å². The number of amides is 1. The maximum atomic E-state index is 15.5. The molecule has 1 spiro atoms. The third-order valence-corrected chi connectivity index (χ3v) is 11.8. The van der Waals surface area contributed by atoms with Gasteiger partial charge in [-0.15, -0.1) is 11.3 Å². The number of hydrogen-bond acceptors (Lipinski definition) is 7. The van der Waals surface area contributed by atoms with Gasteiger partial charge in [-0.05, 0) is 87.0 Å². The second-order valence-corrected chi connectivity index (χ2v) is 14.9. The van der Waals surface area contributed by atoms with E-state index in [0.717, 1.165) is 36.0 Å². The number of Topliss-reactive ketones (excluding diaryl/α,β-unsaturated/α-hetero) is 1. The molecule has 0 unspecified atom stereocenters. The van der Waals surface area contributed by atoms with Gasteiger partial charge in [-0.25, -0.2) is 4.39 Å². The van der Waals surface area contributed by atoms with Gasteiger partial charge in [0.25, 0.3) is 5.91 Å². The van der Waals surface area contributed by atoms with Crippen molar-refractivity contribution >= 4 is 56.4 Å². The molecular weight excluding hydrogens is 629 g/mol. The van der Waals surface area contributed by atoms with Gasteiger partial charge in [-0.3, -0.25) is 24.2 Å². The number of likely N-dealkylation sites (tertiary alicyclic amines) is 2. The summed E-state index contributed by atoms with van der Waals surface area (Å²) in [6.07, 6.45) is 7.12. The van der Waals surface area contributed by atoms with Crippen molar-refractivity contribution in [1.82, 2.24) is 9.80 Å². The Kier molecular flexibility index (Phi) is 8.93. The lowest BCUT2D eigenvalue weighted by Crippen LogP contribution is -2.54. The van der Waals surface area contributed by atoms with Gasteiger partial charge in [-0.1, -0.05) is 29.8 Å². The summed E-state index contributed by atoms with van der Waals surface area (Å²) in [5.74, 6) is -2.11. The second kappa shape index (κ2) is 13.0. The summed E-state index contributed by atoms with van der Waals surface area (Å²) < 4.78 is 23.2. The topological polar surface area (TPSA) is 99.2 Å². The van der Waals surface area contributed by atoms with Crippen LogP contribution in [-0.4, -0.2) is 70.7 Å². The van der Waals surface area contributed by atoms with E-state index in [0.29, 0.717) is 49.6 Å². The van der Waals surface area contributed by atoms with Crippen LogP contribution in [0.4, 0.5) is 10.1 Å². The van der Waals surface area contributed by atoms with E-state index in [1.165, 1.54) is 36.3 Å². The number of ether oxygens (including phenoxy) is 1. The first-order valence-corrected chi connectivity index (χ1v) is 17.6. The largest absolute Gasteiger partial charge is 0.481 e. The van der Waals surface area contributed by atoms with Crippen molar-refractivity contribution < 1.29 is 28.6 Å². The lowest BCUT2D eigenvalue weighted by atomic mass is 9.87. The zero-order valence-corrected chi connectivity index (χ0v) is 27.3. The van der Waals surface area contributed by atoms with Gasteiger partial charge in [0.05, 0.1) is 34.3 Å². The average molecular weight is 668 g/mol. The van der Waals surface area contributed by atoms with E-state index in [1.54, 1.807) is 5.38 Å². The summed E-state index contributed by atoms with van der Waals surface area (Å²) in [5.41, 5.74) is 1.22. The van der Waals surface area contributed by atoms with Gasteiger partial charge >= 0.3 is 5.97 Å². The number of carbonyl (C=O) groups excluding carboxylic acids is 2. The molecule has 0 bridgehead atoms. The van der Waals surface area contributed by atoms with Gasteiger partial charge in [0.2, 0.25) is 0 Å². The molecule has 4 aliphatic rings. The molecule has 1 aromatic heterocycles. The molecule has 2 aliphatic heterocycles. The standard InChI is InChI=1S/C35H39ClFN3O5S/c36-26-16-22(27(37)18-28(26)38-32(42)25-19-46-31-6-2-1-4-24(25)31)17-30(41)29-5-3-14-40(29)34(39-15-13-35(20-39)11-12-35)45-23-9-7-21(8-10-23)33(43)44/h1-2,4,6,16,18-19,21,23,29,34H,3,5,7-15,17,20H2,(H,38,42)(H,43,44)/t21?,23?,29-,34-/m0/s1. The second-order valence-electron chi connectivity index (χ2n) is 13.6. The predicted molar refractivity (Wildman–Crippen MR) is 176 cm³/mol. The monoisotopic (exact) mass is 667 g/mol. The van der Waals surface area contributed by atoms with Crippen LogP contribution in [0.15, 0.2) is 41.8 Å². The number of aliphatic carboxylic acids is 1. The zero-order valence-electron chi connectivity index (χ0n) is 25.7. The summed E-state index contributed by atoms with van der Waals surface area (Å²) in [5, 5.41) is 15.0. The highest BCUT2D eigenvalue weighted by atomic mass is 35.5. The number of carboxylic acid groups (broad SMARTS) is 1. The van der Waals surface area contributed by atoms with E-state index >= 15 is 4.39 Å². The molecule has 7 rings (SSSR count). The van der Waals surface area contributed by atoms with Gasteiger partial charge in [-0.2, -0.15) is 0 Å². The lowest BCUT2D eigenvalue weighted by Gasteiger charge is -2.41. The number of halogens is 2. The first-order valence-electron chi connectivity index (χ1n) is 16.4. The zero-order chi connectivity index (χ0) is 32.0. The maximum absolute atomic E-state index is 15.5. The Morgan fingerprint density at radius 1 is 1.09 bits per heavy atom. The number of rotatable bonds is 10. The fraction of sp³-hybridized carbons (Fsp3) is 0.514. The maximum Gasteiger partial charge on any atom is 0.306 e. The quantitative estimate of drug-likeness (QED) is 0.241. The Morgan fingerprint density at radius 2 is 1.87 bits per heavy atom. The highest BCUT2D eigenvalue weighted by Gasteiger charge is 2.51. The number of benzene rings is 2. The highest BCUT2D eigenvalue weighted by molar-refractivity contribution is 7.17. The van der Waals surface area contributed by atoms with Crippen LogP contribution in [0.2, 0.25) is 5.02 Å². The van der Waals surface area contributed by atoms with E-state index in [1.807, 2.05) is 24.3 Å². The molecular formula is C35H39ClFN3O5S. The van der Waals surface area contributed by atoms with Crippen LogP contribution in [-0.2, 0) is 20.7 Å². The van der Waals surface area contributed by atoms with Crippen molar-refractivity contribution in [1.29, 1.82) is 0 Å². The Morgan fingerprint density at radius 3 is 2.61 bits per heavy atom. The van der Waals surface area contributed by atoms with E-state index in [9.17, 15) is 19.5 Å². The minimum absolute atomic E-state index is 0.0567. The number of ketones is 1. The summed E-state index contributed by atoms with van der Waals surface area (Å²) in [4.78, 5) is 42.9. The Hall–Kier alpha value is -2.89. The van der Waals surface area contributed by atoms with Crippen molar-refractivity contribution in [2.24, 2.45) is 11.3 Å². The van der Waals surface area contributed by atoms with E-state index in [-0.39, 0.29) is 52.8 Å². The normalized spacial score (nSPS) is 25.2. The van der Waals surface area contributed by atoms with Crippen molar-refractivity contribution in [2.45, 2.75) is 82.7 Å². The molecule has 0 radical (unpaired) electrons. The third kappa shape index (κ3) is 6.47. The van der Waals surface area contributed by atoms with Crippen molar-refractivity contribution in [2.75, 3.05) is 25.0 Å². The van der Waals surface area contributed by atoms with E-state index < -0.39 is 17.8 Å². The number of nitrogens with zero attached hydrogens (tertiary/aromatic N) is 2. The third-order valence-electron chi connectivity index (χ3n) is 10.5. The Labute approximate surface area is 276 Å². The van der Waals surface area contributed by atoms with Gasteiger partial charge < -0.3 is 15.2 Å². The molecule has 3 heterocycles. The van der Waals surface area contributed by atoms with Gasteiger partial charge in [0, 0.05) is 41.5 Å². The molecule has 2 N–H and O–H groups in total. The molecule has 3 aromatic rings. The molecule has 46 heavy (non-hydrogen) atoms. The molecule has 244 valence electrons. The number of thiophene rings is 1. The molecule has 2 atom stereocenters. The lowest BCUT2D eigenvalue weighted by molar-refractivity contribution is -0.190. The van der Waals surface area contributed by atoms with Crippen LogP contribution >= 0.6 is 22.9 Å². The molecule has 2 saturated carbocycles. The number of nitrogens with one attached hydrogen (secondary N) is 1. The van der Waals surface area contributed by atoms with Crippen LogP contribution in [0, 0.1) is 17.2 Å². The fourth-order valence-electron chi connectivity index (χ4n) is 7.60. The molecule has 2 aromatic carbocycles. The average Bonchev–Trinajstić information content (AvgIpc) is 3.38. The number of carbonyl (C=O) groups is 3. The van der Waals surface area contributed by atoms with Crippen molar-refractivity contribution in [3.8, 4) is 0 Å². The predicted octanol–water partition coefficient (Wildman–Crippen LogP) is 6.95. The van der Waals surface area contributed by atoms with Crippen LogP contribution < -0.4 is 5.32 Å². The number of anilines is 1. The van der Waals surface area contributed by atoms with Crippen molar-refractivity contribution in [3.63, 3.8) is 0 Å². The summed E-state index contributed by atoms with van der Waals surface area (Å²) >= 11 is 8.00. The molecule has 4 fully saturated rings. The first kappa shape index (κ1) is 31.7. The summed E-state index contributed by atoms with van der Waals surface area (Å²) in [6, 6.07) is 9.82. The summed E-state index contributed by atoms with van der Waals surface area (Å²) in [7, 11) is 0. The molecule has 8 nitrogen and oxygen atoms in total. The smallest absolute Gasteiger partial charge is 0.306 e. The van der Waals surface area contributed by atoms with Crippen LogP contribution in [0.3, 0.4) is 0 Å². The molecule has 2 saturated heterocycles. The minimum Gasteiger partial charge on any atom is -0.481 e. The van der Waals surface area contributed by atoms with Gasteiger partial charge in [0.15, 0.2) is 12.1 Å². The Balaban J connectivity index is 1.04. The van der Waals surface area contributed by atoms with Crippen LogP contribution in [0.5, 0.6) is 0 Å². The molecule has 1 amide bonds. The molecule has 2 aliphatic carbocycles. The van der Waals surface area contributed by atoms with E-state index in [2.05, 4.69) is 15.1 Å². The van der Waals surface area contributed by atoms with E-state index in [4.69, 9.17) is 16.3 Å².